The quantitative estimate of drug-likeness (QED) is 0.221. The van der Waals surface area contributed by atoms with Crippen LogP contribution in [0.2, 0.25) is 20.1 Å². The molecule has 2 aromatic carbocycles. The predicted octanol–water partition coefficient (Wildman–Crippen LogP) is 5.14. The van der Waals surface area contributed by atoms with Crippen molar-refractivity contribution >= 4 is 82.3 Å². The zero-order valence-corrected chi connectivity index (χ0v) is 31.2. The van der Waals surface area contributed by atoms with E-state index in [9.17, 15) is 28.8 Å². The first-order valence-corrected chi connectivity index (χ1v) is 18.5. The van der Waals surface area contributed by atoms with Crippen molar-refractivity contribution in [2.45, 2.75) is 75.8 Å². The average Bonchev–Trinajstić information content (AvgIpc) is 4.02. The van der Waals surface area contributed by atoms with Crippen molar-refractivity contribution in [1.82, 2.24) is 41.7 Å². The van der Waals surface area contributed by atoms with Gasteiger partial charge in [-0.05, 0) is 97.9 Å². The summed E-state index contributed by atoms with van der Waals surface area (Å²) in [7, 11) is 0. The van der Waals surface area contributed by atoms with E-state index in [4.69, 9.17) is 46.4 Å². The summed E-state index contributed by atoms with van der Waals surface area (Å²) in [4.78, 5) is 76.4. The number of amides is 10. The van der Waals surface area contributed by atoms with E-state index in [1.807, 2.05) is 13.8 Å². The van der Waals surface area contributed by atoms with E-state index in [1.165, 1.54) is 0 Å². The molecule has 10 amide bonds. The van der Waals surface area contributed by atoms with Crippen LogP contribution in [0.5, 0.6) is 0 Å². The van der Waals surface area contributed by atoms with Crippen LogP contribution in [-0.4, -0.2) is 69.9 Å². The highest BCUT2D eigenvalue weighted by atomic mass is 35.5. The van der Waals surface area contributed by atoms with Gasteiger partial charge in [0.2, 0.25) is 0 Å². The number of carbonyl (C=O) groups excluding carboxylic acids is 6. The molecule has 4 atom stereocenters. The van der Waals surface area contributed by atoms with Crippen LogP contribution in [0, 0.1) is 11.8 Å². The first kappa shape index (κ1) is 36.4. The Morgan fingerprint density at radius 2 is 1.00 bits per heavy atom. The number of fused-ring (bicyclic) bond motifs is 2. The van der Waals surface area contributed by atoms with Crippen molar-refractivity contribution in [3.8, 4) is 0 Å². The molecule has 2 saturated carbocycles. The second-order valence-electron chi connectivity index (χ2n) is 14.2. The van der Waals surface area contributed by atoms with Gasteiger partial charge in [0, 0.05) is 13.1 Å². The lowest BCUT2D eigenvalue weighted by molar-refractivity contribution is -0.125. The van der Waals surface area contributed by atoms with E-state index >= 15 is 0 Å². The van der Waals surface area contributed by atoms with Crippen molar-refractivity contribution in [1.29, 1.82) is 0 Å². The van der Waals surface area contributed by atoms with Crippen LogP contribution in [0.1, 0.15) is 73.9 Å². The molecule has 8 rings (SSSR count). The van der Waals surface area contributed by atoms with Crippen molar-refractivity contribution < 1.29 is 28.8 Å². The van der Waals surface area contributed by atoms with E-state index in [1.54, 1.807) is 34.1 Å². The number of benzene rings is 2. The third-order valence-corrected chi connectivity index (χ3v) is 12.4. The van der Waals surface area contributed by atoms with Crippen LogP contribution in [0.3, 0.4) is 0 Å². The minimum Gasteiger partial charge on any atom is -0.335 e. The van der Waals surface area contributed by atoms with Gasteiger partial charge in [0.15, 0.2) is 0 Å². The molecule has 4 fully saturated rings. The molecule has 0 radical (unpaired) electrons. The summed E-state index contributed by atoms with van der Waals surface area (Å²) >= 11 is 24.3. The SMILES string of the molecule is C[C@@H]1c2cc(Cl)c(Cl)cc2CN1C(=O)NC[C@@]1(C2CC2)NC(=O)NC1=O.C[C@H]1c2cc(Cl)c(Cl)cc2CN1C(=O)NC[C@@]1(C2CC2)NC(=O)NC1=O. The molecule has 2 saturated heterocycles. The summed E-state index contributed by atoms with van der Waals surface area (Å²) in [5.41, 5.74) is 1.72. The van der Waals surface area contributed by atoms with Gasteiger partial charge in [-0.25, -0.2) is 19.2 Å². The van der Waals surface area contributed by atoms with E-state index < -0.39 is 23.1 Å². The topological polar surface area (TPSA) is 181 Å². The Morgan fingerprint density at radius 1 is 0.654 bits per heavy atom. The predicted molar refractivity (Wildman–Crippen MR) is 192 cm³/mol. The number of nitrogens with zero attached hydrogens (tertiary/aromatic N) is 2. The summed E-state index contributed by atoms with van der Waals surface area (Å²) in [6, 6.07) is 5.18. The summed E-state index contributed by atoms with van der Waals surface area (Å²) in [5.74, 6) is -0.636. The van der Waals surface area contributed by atoms with Gasteiger partial charge in [0.05, 0.1) is 45.3 Å². The van der Waals surface area contributed by atoms with Gasteiger partial charge in [0.1, 0.15) is 11.1 Å². The highest BCUT2D eigenvalue weighted by Crippen LogP contribution is 2.43. The number of rotatable bonds is 6. The maximum Gasteiger partial charge on any atom is 0.322 e. The Morgan fingerprint density at radius 3 is 1.31 bits per heavy atom. The number of nitrogens with one attached hydrogen (secondary N) is 6. The summed E-state index contributed by atoms with van der Waals surface area (Å²) in [6.07, 6.45) is 3.41. The van der Waals surface area contributed by atoms with Crippen LogP contribution in [0.4, 0.5) is 19.2 Å². The molecule has 0 bridgehead atoms. The Bertz CT molecular complexity index is 1790. The Labute approximate surface area is 318 Å². The van der Waals surface area contributed by atoms with Crippen LogP contribution in [-0.2, 0) is 22.7 Å². The number of imide groups is 2. The molecule has 0 aromatic heterocycles. The van der Waals surface area contributed by atoms with Gasteiger partial charge in [-0.3, -0.25) is 20.2 Å². The highest BCUT2D eigenvalue weighted by Gasteiger charge is 2.57. The van der Waals surface area contributed by atoms with Gasteiger partial charge in [0.25, 0.3) is 11.8 Å². The van der Waals surface area contributed by atoms with Crippen molar-refractivity contribution in [2.75, 3.05) is 13.1 Å². The van der Waals surface area contributed by atoms with E-state index in [2.05, 4.69) is 31.9 Å². The van der Waals surface area contributed by atoms with Gasteiger partial charge in [-0.2, -0.15) is 0 Å². The van der Waals surface area contributed by atoms with E-state index in [0.717, 1.165) is 47.9 Å². The molecule has 52 heavy (non-hydrogen) atoms. The van der Waals surface area contributed by atoms with Gasteiger partial charge in [-0.1, -0.05) is 46.4 Å². The second kappa shape index (κ2) is 13.5. The lowest BCUT2D eigenvalue weighted by Crippen LogP contribution is -2.58. The van der Waals surface area contributed by atoms with Crippen molar-refractivity contribution in [3.63, 3.8) is 0 Å². The molecule has 4 aliphatic heterocycles. The van der Waals surface area contributed by atoms with Gasteiger partial charge < -0.3 is 31.1 Å². The Kier molecular flexibility index (Phi) is 9.42. The number of urea groups is 4. The average molecular weight is 795 g/mol. The monoisotopic (exact) mass is 792 g/mol. The molecule has 0 unspecified atom stereocenters. The zero-order valence-electron chi connectivity index (χ0n) is 28.1. The van der Waals surface area contributed by atoms with Gasteiger partial charge >= 0.3 is 24.1 Å². The summed E-state index contributed by atoms with van der Waals surface area (Å²) in [6.45, 7) is 4.78. The molecule has 6 aliphatic rings. The molecule has 0 spiro atoms. The van der Waals surface area contributed by atoms with Crippen molar-refractivity contribution in [3.05, 3.63) is 66.6 Å². The lowest BCUT2D eigenvalue weighted by atomic mass is 9.93. The normalized spacial score (nSPS) is 27.2. The minimum absolute atomic E-state index is 0.0556. The van der Waals surface area contributed by atoms with Crippen molar-refractivity contribution in [2.24, 2.45) is 11.8 Å². The zero-order chi connectivity index (χ0) is 37.3. The molecule has 2 aliphatic carbocycles. The van der Waals surface area contributed by atoms with Crippen LogP contribution in [0.25, 0.3) is 0 Å². The number of hydrogen-bond donors (Lipinski definition) is 6. The molecule has 14 nitrogen and oxygen atoms in total. The maximum atomic E-state index is 12.7. The van der Waals surface area contributed by atoms with Crippen LogP contribution < -0.4 is 31.9 Å². The first-order valence-electron chi connectivity index (χ1n) is 16.9. The van der Waals surface area contributed by atoms with E-state index in [-0.39, 0.29) is 60.9 Å². The Balaban J connectivity index is 0.000000162. The number of carbonyl (C=O) groups is 6. The van der Waals surface area contributed by atoms with Crippen LogP contribution >= 0.6 is 46.4 Å². The fourth-order valence-corrected chi connectivity index (χ4v) is 8.36. The maximum absolute atomic E-state index is 12.7. The summed E-state index contributed by atoms with van der Waals surface area (Å²) in [5, 5.41) is 17.4. The standard InChI is InChI=1S/2C17H18Cl2N4O3/c2*1-8-11-5-13(19)12(18)4-9(11)6-23(8)16(26)20-7-17(10-2-3-10)14(24)21-15(25)22-17/h2*4-5,8,10H,2-3,6-7H2,1H3,(H,20,26)(H2,21,22,24,25)/t8-,17+;8-,17-/m10/s1. The molecule has 2 aromatic rings. The van der Waals surface area contributed by atoms with E-state index in [0.29, 0.717) is 33.2 Å². The molecule has 6 N–H and O–H groups in total. The fourth-order valence-electron chi connectivity index (χ4n) is 7.64. The number of hydrogen-bond acceptors (Lipinski definition) is 6. The summed E-state index contributed by atoms with van der Waals surface area (Å²) < 4.78 is 0. The molecule has 276 valence electrons. The smallest absolute Gasteiger partial charge is 0.322 e. The second-order valence-corrected chi connectivity index (χ2v) is 15.8. The number of halogens is 4. The molecule has 18 heteroatoms. The molecular formula is C34H36Cl4N8O6. The third kappa shape index (κ3) is 6.48. The highest BCUT2D eigenvalue weighted by molar-refractivity contribution is 6.42. The third-order valence-electron chi connectivity index (χ3n) is 10.9. The molecular weight excluding hydrogens is 758 g/mol. The minimum atomic E-state index is -1.05. The first-order chi connectivity index (χ1) is 24.6. The Hall–Kier alpha value is -3.98. The molecule has 4 heterocycles. The largest absolute Gasteiger partial charge is 0.335 e. The lowest BCUT2D eigenvalue weighted by Gasteiger charge is -2.29. The van der Waals surface area contributed by atoms with Gasteiger partial charge in [-0.15, -0.1) is 0 Å². The fraction of sp³-hybridized carbons (Fsp3) is 0.471. The van der Waals surface area contributed by atoms with Crippen LogP contribution in [0.15, 0.2) is 24.3 Å².